The topological polar surface area (TPSA) is 84.9 Å². The van der Waals surface area contributed by atoms with Gasteiger partial charge in [-0.05, 0) is 12.1 Å². The molecule has 2 aromatic rings. The van der Waals surface area contributed by atoms with Gasteiger partial charge in [0, 0.05) is 43.5 Å². The second-order valence-electron chi connectivity index (χ2n) is 6.88. The van der Waals surface area contributed by atoms with Gasteiger partial charge in [0.15, 0.2) is 5.60 Å². The van der Waals surface area contributed by atoms with E-state index in [1.807, 2.05) is 12.1 Å². The van der Waals surface area contributed by atoms with Crippen LogP contribution in [0.4, 0.5) is 4.79 Å². The number of benzene rings is 1. The Morgan fingerprint density at radius 1 is 1.19 bits per heavy atom. The summed E-state index contributed by atoms with van der Waals surface area (Å²) in [7, 11) is 3.25. The first-order valence-corrected chi connectivity index (χ1v) is 8.70. The van der Waals surface area contributed by atoms with Crippen molar-refractivity contribution in [2.24, 2.45) is 0 Å². The molecule has 0 unspecified atom stereocenters. The number of hydrogen-bond donors (Lipinski definition) is 0. The minimum atomic E-state index is -0.575. The van der Waals surface area contributed by atoms with Gasteiger partial charge in [0.25, 0.3) is 5.91 Å². The summed E-state index contributed by atoms with van der Waals surface area (Å²) >= 11 is 0. The lowest BCUT2D eigenvalue weighted by atomic mass is 10.0. The first kappa shape index (κ1) is 17.3. The third-order valence-corrected chi connectivity index (χ3v) is 5.01. The maximum atomic E-state index is 12.8. The number of aromatic nitrogens is 2. The molecule has 3 heterocycles. The van der Waals surface area contributed by atoms with Crippen LogP contribution in [0.2, 0.25) is 0 Å². The van der Waals surface area contributed by atoms with Crippen molar-refractivity contribution >= 4 is 12.0 Å². The zero-order valence-corrected chi connectivity index (χ0v) is 15.2. The highest BCUT2D eigenvalue weighted by Crippen LogP contribution is 2.32. The molecular weight excluding hydrogens is 348 g/mol. The SMILES string of the molecule is COc1nccnc1-c1ccc(C(=O)N2CC[C@@]3(CN(C)C(=O)O3)C2)cc1. The summed E-state index contributed by atoms with van der Waals surface area (Å²) in [6.07, 6.45) is 3.49. The van der Waals surface area contributed by atoms with Crippen LogP contribution in [-0.4, -0.2) is 71.2 Å². The fraction of sp³-hybridized carbons (Fsp3) is 0.368. The molecule has 140 valence electrons. The van der Waals surface area contributed by atoms with Gasteiger partial charge in [-0.1, -0.05) is 12.1 Å². The number of likely N-dealkylation sites (tertiary alicyclic amines) is 1. The number of rotatable bonds is 3. The van der Waals surface area contributed by atoms with Crippen LogP contribution in [0.1, 0.15) is 16.8 Å². The van der Waals surface area contributed by atoms with E-state index in [9.17, 15) is 9.59 Å². The van der Waals surface area contributed by atoms with Crippen LogP contribution in [0.25, 0.3) is 11.3 Å². The molecule has 8 nitrogen and oxygen atoms in total. The monoisotopic (exact) mass is 368 g/mol. The van der Waals surface area contributed by atoms with Crippen LogP contribution in [0.3, 0.4) is 0 Å². The summed E-state index contributed by atoms with van der Waals surface area (Å²) in [6, 6.07) is 7.19. The molecule has 0 N–H and O–H groups in total. The van der Waals surface area contributed by atoms with Crippen LogP contribution >= 0.6 is 0 Å². The number of carbonyl (C=O) groups excluding carboxylic acids is 2. The van der Waals surface area contributed by atoms with Gasteiger partial charge in [-0.2, -0.15) is 0 Å². The zero-order chi connectivity index (χ0) is 19.0. The van der Waals surface area contributed by atoms with Gasteiger partial charge in [0.2, 0.25) is 5.88 Å². The zero-order valence-electron chi connectivity index (χ0n) is 15.2. The van der Waals surface area contributed by atoms with Gasteiger partial charge >= 0.3 is 6.09 Å². The van der Waals surface area contributed by atoms with Gasteiger partial charge in [0.1, 0.15) is 5.69 Å². The average molecular weight is 368 g/mol. The Kier molecular flexibility index (Phi) is 4.18. The number of likely N-dealkylation sites (N-methyl/N-ethyl adjacent to an activating group) is 1. The summed E-state index contributed by atoms with van der Waals surface area (Å²) in [5.74, 6) is 0.361. The van der Waals surface area contributed by atoms with Crippen molar-refractivity contribution in [2.45, 2.75) is 12.0 Å². The van der Waals surface area contributed by atoms with Crippen LogP contribution < -0.4 is 4.74 Å². The molecule has 0 saturated carbocycles. The average Bonchev–Trinajstić information content (AvgIpc) is 3.23. The maximum Gasteiger partial charge on any atom is 0.410 e. The lowest BCUT2D eigenvalue weighted by molar-refractivity contribution is 0.0553. The van der Waals surface area contributed by atoms with Crippen LogP contribution in [0.15, 0.2) is 36.7 Å². The van der Waals surface area contributed by atoms with E-state index in [1.54, 1.807) is 48.5 Å². The van der Waals surface area contributed by atoms with Crippen molar-refractivity contribution in [3.05, 3.63) is 42.2 Å². The number of amides is 2. The van der Waals surface area contributed by atoms with E-state index in [0.29, 0.717) is 43.2 Å². The Morgan fingerprint density at radius 3 is 2.59 bits per heavy atom. The van der Waals surface area contributed by atoms with E-state index in [2.05, 4.69) is 9.97 Å². The predicted molar refractivity (Wildman–Crippen MR) is 96.4 cm³/mol. The van der Waals surface area contributed by atoms with Gasteiger partial charge in [-0.25, -0.2) is 14.8 Å². The molecule has 0 radical (unpaired) electrons. The highest BCUT2D eigenvalue weighted by molar-refractivity contribution is 5.95. The molecule has 0 aliphatic carbocycles. The van der Waals surface area contributed by atoms with E-state index in [1.165, 1.54) is 0 Å². The summed E-state index contributed by atoms with van der Waals surface area (Å²) in [5.41, 5.74) is 1.45. The molecule has 2 aliphatic heterocycles. The Morgan fingerprint density at radius 2 is 1.93 bits per heavy atom. The molecule has 2 saturated heterocycles. The summed E-state index contributed by atoms with van der Waals surface area (Å²) in [4.78, 5) is 36.3. The van der Waals surface area contributed by atoms with Gasteiger partial charge in [0.05, 0.1) is 20.2 Å². The molecule has 1 atom stereocenters. The number of methoxy groups -OCH3 is 1. The van der Waals surface area contributed by atoms with Crippen molar-refractivity contribution in [1.82, 2.24) is 19.8 Å². The molecule has 0 bridgehead atoms. The van der Waals surface area contributed by atoms with E-state index in [4.69, 9.17) is 9.47 Å². The lowest BCUT2D eigenvalue weighted by Crippen LogP contribution is -2.39. The van der Waals surface area contributed by atoms with Gasteiger partial charge in [-0.3, -0.25) is 4.79 Å². The van der Waals surface area contributed by atoms with Crippen LogP contribution in [-0.2, 0) is 4.74 Å². The first-order chi connectivity index (χ1) is 13.0. The minimum Gasteiger partial charge on any atom is -0.479 e. The second kappa shape index (κ2) is 6.53. The van der Waals surface area contributed by atoms with E-state index in [-0.39, 0.29) is 12.0 Å². The highest BCUT2D eigenvalue weighted by atomic mass is 16.6. The standard InChI is InChI=1S/C19H20N4O4/c1-22-11-19(27-18(22)25)7-10-23(12-19)17(24)14-5-3-13(4-6-14)15-16(26-2)21-9-8-20-15/h3-6,8-9H,7,10-12H2,1-2H3/t19-/m1/s1. The Hall–Kier alpha value is -3.16. The minimum absolute atomic E-state index is 0.0739. The predicted octanol–water partition coefficient (Wildman–Crippen LogP) is 1.82. The van der Waals surface area contributed by atoms with E-state index < -0.39 is 5.60 Å². The highest BCUT2D eigenvalue weighted by Gasteiger charge is 2.49. The van der Waals surface area contributed by atoms with Crippen LogP contribution in [0.5, 0.6) is 5.88 Å². The Balaban J connectivity index is 1.50. The summed E-state index contributed by atoms with van der Waals surface area (Å²) in [5, 5.41) is 0. The molecule has 4 rings (SSSR count). The molecular formula is C19H20N4O4. The largest absolute Gasteiger partial charge is 0.479 e. The van der Waals surface area contributed by atoms with Crippen molar-refractivity contribution in [3.8, 4) is 17.1 Å². The van der Waals surface area contributed by atoms with E-state index in [0.717, 1.165) is 5.56 Å². The third kappa shape index (κ3) is 3.07. The molecule has 2 fully saturated rings. The fourth-order valence-corrected chi connectivity index (χ4v) is 3.65. The quantitative estimate of drug-likeness (QED) is 0.822. The Bertz CT molecular complexity index is 886. The normalized spacial score (nSPS) is 21.6. The van der Waals surface area contributed by atoms with Crippen molar-refractivity contribution in [3.63, 3.8) is 0 Å². The van der Waals surface area contributed by atoms with Gasteiger partial charge < -0.3 is 19.3 Å². The molecule has 2 amide bonds. The van der Waals surface area contributed by atoms with Crippen molar-refractivity contribution in [2.75, 3.05) is 33.8 Å². The number of nitrogens with zero attached hydrogens (tertiary/aromatic N) is 4. The molecule has 8 heteroatoms. The fourth-order valence-electron chi connectivity index (χ4n) is 3.65. The van der Waals surface area contributed by atoms with Crippen molar-refractivity contribution in [1.29, 1.82) is 0 Å². The lowest BCUT2D eigenvalue weighted by Gasteiger charge is -2.21. The number of hydrogen-bond acceptors (Lipinski definition) is 6. The second-order valence-corrected chi connectivity index (χ2v) is 6.88. The molecule has 1 aromatic heterocycles. The summed E-state index contributed by atoms with van der Waals surface area (Å²) in [6.45, 7) is 1.50. The third-order valence-electron chi connectivity index (χ3n) is 5.01. The summed E-state index contributed by atoms with van der Waals surface area (Å²) < 4.78 is 10.7. The Labute approximate surface area is 156 Å². The smallest absolute Gasteiger partial charge is 0.410 e. The van der Waals surface area contributed by atoms with Gasteiger partial charge in [-0.15, -0.1) is 0 Å². The molecule has 1 spiro atoms. The first-order valence-electron chi connectivity index (χ1n) is 8.70. The molecule has 27 heavy (non-hydrogen) atoms. The molecule has 1 aromatic carbocycles. The molecule has 2 aliphatic rings. The maximum absolute atomic E-state index is 12.8. The van der Waals surface area contributed by atoms with E-state index >= 15 is 0 Å². The van der Waals surface area contributed by atoms with Crippen LogP contribution in [0, 0.1) is 0 Å². The number of ether oxygens (including phenoxy) is 2. The number of carbonyl (C=O) groups is 2. The van der Waals surface area contributed by atoms with Crippen molar-refractivity contribution < 1.29 is 19.1 Å².